The van der Waals surface area contributed by atoms with Gasteiger partial charge in [0.05, 0.1) is 32.3 Å². The zero-order chi connectivity index (χ0) is 18.1. The van der Waals surface area contributed by atoms with Gasteiger partial charge in [-0.15, -0.1) is 0 Å². The number of carbonyl (C=O) groups is 2. The van der Waals surface area contributed by atoms with Gasteiger partial charge in [0.25, 0.3) is 11.8 Å². The van der Waals surface area contributed by atoms with E-state index in [1.165, 1.54) is 6.21 Å². The summed E-state index contributed by atoms with van der Waals surface area (Å²) in [6.45, 7) is 0. The molecule has 5 rings (SSSR count). The maximum atomic E-state index is 12.9. The number of ether oxygens (including phenoxy) is 2. The normalized spacial score (nSPS) is 32.8. The molecule has 6 nitrogen and oxygen atoms in total. The van der Waals surface area contributed by atoms with Crippen molar-refractivity contribution < 1.29 is 19.1 Å². The van der Waals surface area contributed by atoms with Crippen molar-refractivity contribution in [3.8, 4) is 11.5 Å². The van der Waals surface area contributed by atoms with Gasteiger partial charge in [0.2, 0.25) is 0 Å². The Morgan fingerprint density at radius 2 is 1.65 bits per heavy atom. The number of allylic oxidation sites excluding steroid dienone is 2. The van der Waals surface area contributed by atoms with E-state index in [4.69, 9.17) is 9.47 Å². The van der Waals surface area contributed by atoms with Crippen LogP contribution < -0.4 is 9.47 Å². The van der Waals surface area contributed by atoms with Crippen molar-refractivity contribution >= 4 is 18.0 Å². The third kappa shape index (κ3) is 1.84. The lowest BCUT2D eigenvalue weighted by Crippen LogP contribution is -2.30. The molecular formula is C20H20N2O4. The molecule has 6 heteroatoms. The minimum absolute atomic E-state index is 0.153. The van der Waals surface area contributed by atoms with Crippen LogP contribution in [0.4, 0.5) is 0 Å². The Morgan fingerprint density at radius 1 is 1.04 bits per heavy atom. The Bertz CT molecular complexity index is 837. The number of benzene rings is 1. The molecule has 1 aromatic rings. The van der Waals surface area contributed by atoms with Gasteiger partial charge in [0.1, 0.15) is 0 Å². The molecule has 3 fully saturated rings. The molecule has 0 N–H and O–H groups in total. The first-order valence-corrected chi connectivity index (χ1v) is 8.93. The van der Waals surface area contributed by atoms with Gasteiger partial charge < -0.3 is 9.47 Å². The highest BCUT2D eigenvalue weighted by Gasteiger charge is 2.73. The summed E-state index contributed by atoms with van der Waals surface area (Å²) in [5.74, 6) is 0.880. The van der Waals surface area contributed by atoms with Crippen LogP contribution in [0.5, 0.6) is 11.5 Å². The molecule has 4 aliphatic rings. The van der Waals surface area contributed by atoms with Crippen LogP contribution in [0.2, 0.25) is 0 Å². The van der Waals surface area contributed by atoms with Crippen molar-refractivity contribution in [1.82, 2.24) is 5.01 Å². The first-order valence-electron chi connectivity index (χ1n) is 8.93. The van der Waals surface area contributed by atoms with Crippen LogP contribution in [0.15, 0.2) is 35.5 Å². The van der Waals surface area contributed by atoms with Crippen LogP contribution in [-0.4, -0.2) is 37.3 Å². The number of carbonyl (C=O) groups excluding carboxylic acids is 2. The zero-order valence-corrected chi connectivity index (χ0v) is 14.7. The van der Waals surface area contributed by atoms with Crippen LogP contribution in [0.25, 0.3) is 0 Å². The average Bonchev–Trinajstić information content (AvgIpc) is 3.26. The second-order valence-electron chi connectivity index (χ2n) is 7.57. The molecule has 2 saturated carbocycles. The zero-order valence-electron chi connectivity index (χ0n) is 14.7. The topological polar surface area (TPSA) is 68.2 Å². The summed E-state index contributed by atoms with van der Waals surface area (Å²) < 4.78 is 10.5. The number of rotatable bonds is 4. The van der Waals surface area contributed by atoms with Crippen LogP contribution in [0.3, 0.4) is 0 Å². The second-order valence-corrected chi connectivity index (χ2v) is 7.57. The highest BCUT2D eigenvalue weighted by Crippen LogP contribution is 2.73. The Hall–Kier alpha value is -2.63. The van der Waals surface area contributed by atoms with Crippen LogP contribution in [0.1, 0.15) is 18.4 Å². The summed E-state index contributed by atoms with van der Waals surface area (Å²) in [5, 5.41) is 5.30. The van der Waals surface area contributed by atoms with Crippen LogP contribution in [0, 0.1) is 29.1 Å². The first kappa shape index (κ1) is 15.6. The van der Waals surface area contributed by atoms with Crippen LogP contribution >= 0.6 is 0 Å². The highest BCUT2D eigenvalue weighted by molar-refractivity contribution is 6.07. The number of imide groups is 1. The lowest BCUT2D eigenvalue weighted by molar-refractivity contribution is -0.141. The fraction of sp³-hybridized carbons (Fsp3) is 0.450. The summed E-state index contributed by atoms with van der Waals surface area (Å²) in [7, 11) is 3.13. The van der Waals surface area contributed by atoms with E-state index in [1.54, 1.807) is 32.4 Å². The van der Waals surface area contributed by atoms with Gasteiger partial charge >= 0.3 is 0 Å². The van der Waals surface area contributed by atoms with Crippen molar-refractivity contribution in [1.29, 1.82) is 0 Å². The van der Waals surface area contributed by atoms with E-state index in [2.05, 4.69) is 17.3 Å². The number of nitrogens with zero attached hydrogens (tertiary/aromatic N) is 2. The van der Waals surface area contributed by atoms with E-state index in [-0.39, 0.29) is 40.9 Å². The number of fused-ring (bicyclic) bond motifs is 3. The summed E-state index contributed by atoms with van der Waals surface area (Å²) >= 11 is 0. The monoisotopic (exact) mass is 352 g/mol. The van der Waals surface area contributed by atoms with Crippen molar-refractivity contribution in [3.05, 3.63) is 35.9 Å². The fourth-order valence-electron chi connectivity index (χ4n) is 5.23. The predicted octanol–water partition coefficient (Wildman–Crippen LogP) is 2.23. The van der Waals surface area contributed by atoms with Crippen molar-refractivity contribution in [3.63, 3.8) is 0 Å². The van der Waals surface area contributed by atoms with Crippen molar-refractivity contribution in [2.24, 2.45) is 34.2 Å². The largest absolute Gasteiger partial charge is 0.493 e. The number of hydrogen-bond donors (Lipinski definition) is 0. The summed E-state index contributed by atoms with van der Waals surface area (Å²) in [6.07, 6.45) is 8.12. The van der Waals surface area contributed by atoms with E-state index < -0.39 is 0 Å². The smallest absolute Gasteiger partial charge is 0.254 e. The van der Waals surface area contributed by atoms with Gasteiger partial charge in [-0.25, -0.2) is 0 Å². The molecule has 1 spiro atoms. The van der Waals surface area contributed by atoms with Gasteiger partial charge in [-0.05, 0) is 53.9 Å². The summed E-state index contributed by atoms with van der Waals surface area (Å²) in [6, 6.07) is 5.34. The predicted molar refractivity (Wildman–Crippen MR) is 93.8 cm³/mol. The number of methoxy groups -OCH3 is 2. The summed E-state index contributed by atoms with van der Waals surface area (Å²) in [5.41, 5.74) is 0.944. The third-order valence-electron chi connectivity index (χ3n) is 6.56. The van der Waals surface area contributed by atoms with Gasteiger partial charge in [-0.2, -0.15) is 10.1 Å². The van der Waals surface area contributed by atoms with E-state index in [1.807, 2.05) is 0 Å². The van der Waals surface area contributed by atoms with E-state index in [0.717, 1.165) is 23.4 Å². The molecule has 3 aliphatic carbocycles. The number of amides is 2. The molecule has 134 valence electrons. The Balaban J connectivity index is 1.40. The molecule has 26 heavy (non-hydrogen) atoms. The molecule has 1 aromatic carbocycles. The third-order valence-corrected chi connectivity index (χ3v) is 6.56. The van der Waals surface area contributed by atoms with Crippen LogP contribution in [-0.2, 0) is 9.59 Å². The van der Waals surface area contributed by atoms with Crippen molar-refractivity contribution in [2.75, 3.05) is 14.2 Å². The summed E-state index contributed by atoms with van der Waals surface area (Å²) in [4.78, 5) is 25.7. The lowest BCUT2D eigenvalue weighted by atomic mass is 9.85. The lowest BCUT2D eigenvalue weighted by Gasteiger charge is -2.18. The Morgan fingerprint density at radius 3 is 2.19 bits per heavy atom. The van der Waals surface area contributed by atoms with E-state index in [9.17, 15) is 9.59 Å². The van der Waals surface area contributed by atoms with E-state index in [0.29, 0.717) is 11.5 Å². The minimum Gasteiger partial charge on any atom is -0.493 e. The standard InChI is InChI=1S/C20H20N2O4/c1-25-14-6-3-11(9-15(14)26-2)10-21-22-18(23)16-12-4-5-13(17(16)19(22)24)20(12)7-8-20/h3-6,9-10,12-13,16-17H,7-8H2,1-2H3/b21-10-/t12-,13-,16-,17-/m1/s1. The Labute approximate surface area is 151 Å². The molecule has 2 bridgehead atoms. The minimum atomic E-state index is -0.220. The second kappa shape index (κ2) is 5.19. The maximum Gasteiger partial charge on any atom is 0.254 e. The van der Waals surface area contributed by atoms with Gasteiger partial charge in [-0.3, -0.25) is 9.59 Å². The Kier molecular flexibility index (Phi) is 3.12. The average molecular weight is 352 g/mol. The molecule has 4 atom stereocenters. The SMILES string of the molecule is COc1ccc(/C=N\N2C(=O)[C@H]3[C@H](C2=O)[C@H]2C=C[C@H]3C23CC3)cc1OC. The quantitative estimate of drug-likeness (QED) is 0.473. The van der Waals surface area contributed by atoms with Crippen molar-refractivity contribution in [2.45, 2.75) is 12.8 Å². The van der Waals surface area contributed by atoms with Gasteiger partial charge in [-0.1, -0.05) is 12.2 Å². The molecule has 1 aliphatic heterocycles. The molecule has 0 unspecified atom stereocenters. The molecule has 2 amide bonds. The molecule has 0 aromatic heterocycles. The number of hydrogen-bond acceptors (Lipinski definition) is 5. The molecule has 1 saturated heterocycles. The van der Waals surface area contributed by atoms with E-state index >= 15 is 0 Å². The number of hydrazone groups is 1. The fourth-order valence-corrected chi connectivity index (χ4v) is 5.23. The van der Waals surface area contributed by atoms with Gasteiger partial charge in [0, 0.05) is 0 Å². The first-order chi connectivity index (χ1) is 12.6. The van der Waals surface area contributed by atoms with Gasteiger partial charge in [0.15, 0.2) is 11.5 Å². The highest BCUT2D eigenvalue weighted by atomic mass is 16.5. The maximum absolute atomic E-state index is 12.9. The molecule has 0 radical (unpaired) electrons. The molecule has 1 heterocycles. The molecular weight excluding hydrogens is 332 g/mol.